The third kappa shape index (κ3) is 2.58. The lowest BCUT2D eigenvalue weighted by Crippen LogP contribution is -2.19. The van der Waals surface area contributed by atoms with Crippen LogP contribution in [0.5, 0.6) is 11.5 Å². The minimum Gasteiger partial charge on any atom is -0.497 e. The Kier molecular flexibility index (Phi) is 3.31. The molecule has 1 heterocycles. The van der Waals surface area contributed by atoms with Crippen LogP contribution in [0, 0.1) is 0 Å². The normalized spacial score (nSPS) is 12.8. The number of hydrogen-bond donors (Lipinski definition) is 1. The van der Waals surface area contributed by atoms with Crippen molar-refractivity contribution in [1.29, 1.82) is 0 Å². The molecule has 0 spiro atoms. The lowest BCUT2D eigenvalue weighted by molar-refractivity contribution is 0.0879. The van der Waals surface area contributed by atoms with E-state index in [9.17, 15) is 9.59 Å². The molecule has 0 bridgehead atoms. The van der Waals surface area contributed by atoms with Gasteiger partial charge in [0.1, 0.15) is 18.1 Å². The number of hydrogen-bond acceptors (Lipinski definition) is 4. The van der Waals surface area contributed by atoms with E-state index >= 15 is 0 Å². The number of nitrogens with one attached hydrogen (secondary N) is 1. The van der Waals surface area contributed by atoms with E-state index in [1.807, 2.05) is 24.3 Å². The van der Waals surface area contributed by atoms with Crippen molar-refractivity contribution < 1.29 is 19.1 Å². The lowest BCUT2D eigenvalue weighted by Gasteiger charge is -2.08. The van der Waals surface area contributed by atoms with E-state index < -0.39 is 0 Å². The highest BCUT2D eigenvalue weighted by Gasteiger charge is 2.26. The Labute approximate surface area is 121 Å². The van der Waals surface area contributed by atoms with Gasteiger partial charge in [-0.1, -0.05) is 12.1 Å². The summed E-state index contributed by atoms with van der Waals surface area (Å²) in [6, 6.07) is 12.4. The molecular formula is C16H13NO4. The van der Waals surface area contributed by atoms with Crippen molar-refractivity contribution in [3.05, 3.63) is 59.2 Å². The summed E-state index contributed by atoms with van der Waals surface area (Å²) in [5.74, 6) is 0.549. The van der Waals surface area contributed by atoms with E-state index in [0.29, 0.717) is 23.5 Å². The Balaban J connectivity index is 1.75. The minimum absolute atomic E-state index is 0.350. The number of carbonyl (C=O) groups is 2. The summed E-state index contributed by atoms with van der Waals surface area (Å²) in [5, 5.41) is 2.25. The van der Waals surface area contributed by atoms with Gasteiger partial charge in [-0.3, -0.25) is 14.9 Å². The fourth-order valence-corrected chi connectivity index (χ4v) is 2.17. The number of carbonyl (C=O) groups excluding carboxylic acids is 2. The maximum atomic E-state index is 11.6. The van der Waals surface area contributed by atoms with Crippen LogP contribution in [0.15, 0.2) is 42.5 Å². The quantitative estimate of drug-likeness (QED) is 0.873. The van der Waals surface area contributed by atoms with Crippen LogP contribution in [-0.2, 0) is 6.61 Å². The summed E-state index contributed by atoms with van der Waals surface area (Å²) < 4.78 is 10.8. The molecule has 3 rings (SSSR count). The Morgan fingerprint density at radius 2 is 1.76 bits per heavy atom. The Morgan fingerprint density at radius 1 is 0.952 bits per heavy atom. The summed E-state index contributed by atoms with van der Waals surface area (Å²) in [7, 11) is 1.61. The van der Waals surface area contributed by atoms with Crippen molar-refractivity contribution in [3.8, 4) is 11.5 Å². The molecule has 106 valence electrons. The highest BCUT2D eigenvalue weighted by molar-refractivity contribution is 6.21. The molecule has 21 heavy (non-hydrogen) atoms. The van der Waals surface area contributed by atoms with Gasteiger partial charge in [0, 0.05) is 0 Å². The van der Waals surface area contributed by atoms with Crippen LogP contribution in [0.1, 0.15) is 26.3 Å². The molecule has 1 aliphatic heterocycles. The van der Waals surface area contributed by atoms with E-state index in [4.69, 9.17) is 9.47 Å². The third-order valence-corrected chi connectivity index (χ3v) is 3.25. The summed E-state index contributed by atoms with van der Waals surface area (Å²) in [5.41, 5.74) is 1.69. The monoisotopic (exact) mass is 283 g/mol. The predicted molar refractivity (Wildman–Crippen MR) is 75.6 cm³/mol. The van der Waals surface area contributed by atoms with Crippen LogP contribution in [0.25, 0.3) is 0 Å². The molecule has 1 aliphatic rings. The summed E-state index contributed by atoms with van der Waals surface area (Å²) in [4.78, 5) is 23.0. The van der Waals surface area contributed by atoms with Gasteiger partial charge in [-0.05, 0) is 35.9 Å². The molecule has 2 aromatic rings. The van der Waals surface area contributed by atoms with Crippen molar-refractivity contribution in [2.75, 3.05) is 7.11 Å². The largest absolute Gasteiger partial charge is 0.497 e. The van der Waals surface area contributed by atoms with Gasteiger partial charge in [0.2, 0.25) is 0 Å². The molecule has 2 amide bonds. The first-order valence-corrected chi connectivity index (χ1v) is 6.43. The van der Waals surface area contributed by atoms with Gasteiger partial charge in [-0.25, -0.2) is 0 Å². The Morgan fingerprint density at radius 3 is 2.57 bits per heavy atom. The second-order valence-corrected chi connectivity index (χ2v) is 4.63. The second kappa shape index (κ2) is 5.28. The van der Waals surface area contributed by atoms with Gasteiger partial charge in [0.15, 0.2) is 0 Å². The lowest BCUT2D eigenvalue weighted by atomic mass is 10.1. The molecule has 1 N–H and O–H groups in total. The van der Waals surface area contributed by atoms with E-state index in [0.717, 1.165) is 11.3 Å². The molecule has 0 aliphatic carbocycles. The van der Waals surface area contributed by atoms with Crippen LogP contribution in [-0.4, -0.2) is 18.9 Å². The number of rotatable bonds is 4. The van der Waals surface area contributed by atoms with Crippen LogP contribution >= 0.6 is 0 Å². The molecule has 0 radical (unpaired) electrons. The van der Waals surface area contributed by atoms with Crippen LogP contribution in [0.2, 0.25) is 0 Å². The van der Waals surface area contributed by atoms with Gasteiger partial charge in [0.05, 0.1) is 18.2 Å². The molecule has 2 aromatic carbocycles. The smallest absolute Gasteiger partial charge is 0.259 e. The van der Waals surface area contributed by atoms with Crippen LogP contribution < -0.4 is 14.8 Å². The van der Waals surface area contributed by atoms with Gasteiger partial charge >= 0.3 is 0 Å². The fourth-order valence-electron chi connectivity index (χ4n) is 2.17. The third-order valence-electron chi connectivity index (χ3n) is 3.25. The molecule has 0 unspecified atom stereocenters. The fraction of sp³-hybridized carbons (Fsp3) is 0.125. The van der Waals surface area contributed by atoms with Crippen LogP contribution in [0.3, 0.4) is 0 Å². The zero-order chi connectivity index (χ0) is 14.8. The average Bonchev–Trinajstić information content (AvgIpc) is 2.80. The first-order chi connectivity index (χ1) is 10.2. The number of ether oxygens (including phenoxy) is 2. The van der Waals surface area contributed by atoms with Crippen molar-refractivity contribution in [1.82, 2.24) is 5.32 Å². The van der Waals surface area contributed by atoms with Gasteiger partial charge in [-0.15, -0.1) is 0 Å². The highest BCUT2D eigenvalue weighted by Crippen LogP contribution is 2.23. The highest BCUT2D eigenvalue weighted by atomic mass is 16.5. The molecule has 5 heteroatoms. The van der Waals surface area contributed by atoms with Crippen molar-refractivity contribution in [3.63, 3.8) is 0 Å². The maximum Gasteiger partial charge on any atom is 0.259 e. The number of imide groups is 1. The Hall–Kier alpha value is -2.82. The van der Waals surface area contributed by atoms with Gasteiger partial charge in [0.25, 0.3) is 11.8 Å². The molecule has 0 saturated heterocycles. The zero-order valence-corrected chi connectivity index (χ0v) is 11.4. The first kappa shape index (κ1) is 13.2. The molecule has 0 aromatic heterocycles. The number of methoxy groups -OCH3 is 1. The summed E-state index contributed by atoms with van der Waals surface area (Å²) >= 11 is 0. The minimum atomic E-state index is -0.387. The van der Waals surface area contributed by atoms with Crippen LogP contribution in [0.4, 0.5) is 0 Å². The van der Waals surface area contributed by atoms with Gasteiger partial charge in [-0.2, -0.15) is 0 Å². The van der Waals surface area contributed by atoms with Crippen molar-refractivity contribution >= 4 is 11.8 Å². The van der Waals surface area contributed by atoms with E-state index in [1.165, 1.54) is 0 Å². The van der Waals surface area contributed by atoms with Crippen molar-refractivity contribution in [2.45, 2.75) is 6.61 Å². The molecule has 0 atom stereocenters. The average molecular weight is 283 g/mol. The number of amides is 2. The molecule has 0 fully saturated rings. The molecule has 0 saturated carbocycles. The second-order valence-electron chi connectivity index (χ2n) is 4.63. The predicted octanol–water partition coefficient (Wildman–Crippen LogP) is 2.16. The number of benzene rings is 2. The molecule has 5 nitrogen and oxygen atoms in total. The van der Waals surface area contributed by atoms with E-state index in [1.54, 1.807) is 25.3 Å². The maximum absolute atomic E-state index is 11.6. The van der Waals surface area contributed by atoms with Gasteiger partial charge < -0.3 is 9.47 Å². The molecular weight excluding hydrogens is 270 g/mol. The Bertz CT molecular complexity index is 724. The summed E-state index contributed by atoms with van der Waals surface area (Å²) in [6.07, 6.45) is 0. The van der Waals surface area contributed by atoms with E-state index in [-0.39, 0.29) is 11.8 Å². The topological polar surface area (TPSA) is 64.6 Å². The number of fused-ring (bicyclic) bond motifs is 1. The zero-order valence-electron chi connectivity index (χ0n) is 11.4. The first-order valence-electron chi connectivity index (χ1n) is 6.43. The summed E-state index contributed by atoms with van der Waals surface area (Å²) in [6.45, 7) is 0.353. The van der Waals surface area contributed by atoms with E-state index in [2.05, 4.69) is 5.32 Å². The SMILES string of the molecule is COc1cccc(COc2ccc3c(c2)C(=O)NC3=O)c1. The van der Waals surface area contributed by atoms with Crippen molar-refractivity contribution in [2.24, 2.45) is 0 Å². The standard InChI is InChI=1S/C16H13NO4/c1-20-11-4-2-3-10(7-11)9-21-12-5-6-13-14(8-12)16(19)17-15(13)18/h2-8H,9H2,1H3,(H,17,18,19).